The molecule has 4 heteroatoms. The van der Waals surface area contributed by atoms with E-state index in [0.29, 0.717) is 6.42 Å². The summed E-state index contributed by atoms with van der Waals surface area (Å²) < 4.78 is 2.58. The van der Waals surface area contributed by atoms with E-state index in [-0.39, 0.29) is 12.2 Å². The Morgan fingerprint density at radius 3 is 2.81 bits per heavy atom. The van der Waals surface area contributed by atoms with Crippen molar-refractivity contribution in [3.05, 3.63) is 44.7 Å². The first-order valence-electron chi connectivity index (χ1n) is 5.02. The average Bonchev–Trinajstić information content (AvgIpc) is 2.26. The number of aromatic nitrogens is 1. The van der Waals surface area contributed by atoms with Crippen LogP contribution in [0.3, 0.4) is 0 Å². The van der Waals surface area contributed by atoms with E-state index in [1.807, 2.05) is 18.2 Å². The van der Waals surface area contributed by atoms with Crippen molar-refractivity contribution >= 4 is 26.8 Å². The zero-order chi connectivity index (χ0) is 11.7. The summed E-state index contributed by atoms with van der Waals surface area (Å²) in [5.74, 6) is 0. The van der Waals surface area contributed by atoms with Crippen LogP contribution in [0.25, 0.3) is 10.9 Å². The van der Waals surface area contributed by atoms with E-state index >= 15 is 0 Å². The monoisotopic (exact) mass is 281 g/mol. The Bertz CT molecular complexity index is 589. The third kappa shape index (κ3) is 1.90. The van der Waals surface area contributed by atoms with Gasteiger partial charge in [-0.2, -0.15) is 0 Å². The van der Waals surface area contributed by atoms with Crippen LogP contribution in [0.1, 0.15) is 5.56 Å². The number of hydrogen-bond acceptors (Lipinski definition) is 2. The minimum absolute atomic E-state index is 0.0433. The molecule has 0 fully saturated rings. The largest absolute Gasteiger partial charge is 0.396 e. The van der Waals surface area contributed by atoms with Gasteiger partial charge in [0.1, 0.15) is 0 Å². The number of benzene rings is 1. The van der Waals surface area contributed by atoms with Gasteiger partial charge in [0.2, 0.25) is 0 Å². The van der Waals surface area contributed by atoms with E-state index in [9.17, 15) is 4.79 Å². The number of fused-ring (bicyclic) bond motifs is 1. The van der Waals surface area contributed by atoms with Crippen molar-refractivity contribution in [3.8, 4) is 0 Å². The van der Waals surface area contributed by atoms with Crippen LogP contribution >= 0.6 is 15.9 Å². The van der Waals surface area contributed by atoms with Crippen LogP contribution in [-0.4, -0.2) is 16.3 Å². The lowest BCUT2D eigenvalue weighted by Gasteiger charge is -2.09. The number of aliphatic hydroxyl groups excluding tert-OH is 1. The highest BCUT2D eigenvalue weighted by Gasteiger charge is 2.06. The normalized spacial score (nSPS) is 10.9. The second-order valence-corrected chi connectivity index (χ2v) is 4.62. The number of halogens is 1. The molecule has 2 rings (SSSR count). The Hall–Kier alpha value is -1.13. The Morgan fingerprint density at radius 2 is 2.12 bits per heavy atom. The first-order chi connectivity index (χ1) is 7.63. The molecule has 0 saturated heterocycles. The van der Waals surface area contributed by atoms with Crippen molar-refractivity contribution < 1.29 is 5.11 Å². The van der Waals surface area contributed by atoms with Gasteiger partial charge in [-0.25, -0.2) is 0 Å². The zero-order valence-electron chi connectivity index (χ0n) is 8.90. The molecular formula is C12H12BrNO2. The van der Waals surface area contributed by atoms with Crippen LogP contribution in [-0.2, 0) is 13.5 Å². The first kappa shape index (κ1) is 11.4. The highest BCUT2D eigenvalue weighted by molar-refractivity contribution is 9.10. The molecule has 0 radical (unpaired) electrons. The molecule has 0 bridgehead atoms. The van der Waals surface area contributed by atoms with E-state index in [0.717, 1.165) is 20.9 Å². The summed E-state index contributed by atoms with van der Waals surface area (Å²) in [7, 11) is 1.75. The predicted octanol–water partition coefficient (Wildman–Crippen LogP) is 1.84. The zero-order valence-corrected chi connectivity index (χ0v) is 10.5. The van der Waals surface area contributed by atoms with Crippen molar-refractivity contribution in [3.63, 3.8) is 0 Å². The number of pyridine rings is 1. The summed E-state index contributed by atoms with van der Waals surface area (Å²) in [6.45, 7) is 0.0504. The molecule has 0 amide bonds. The lowest BCUT2D eigenvalue weighted by atomic mass is 10.1. The topological polar surface area (TPSA) is 42.2 Å². The minimum atomic E-state index is -0.0433. The molecular weight excluding hydrogens is 270 g/mol. The number of rotatable bonds is 2. The summed E-state index contributed by atoms with van der Waals surface area (Å²) in [4.78, 5) is 11.7. The van der Waals surface area contributed by atoms with Crippen molar-refractivity contribution in [1.29, 1.82) is 0 Å². The molecule has 3 nitrogen and oxygen atoms in total. The number of aliphatic hydroxyl groups is 1. The van der Waals surface area contributed by atoms with Crippen LogP contribution in [0, 0.1) is 0 Å². The standard InChI is InChI=1S/C12H12BrNO2/c1-14-11-3-2-9(13)7-10(11)8(4-5-15)6-12(14)16/h2-3,6-7,15H,4-5H2,1H3. The van der Waals surface area contributed by atoms with Crippen molar-refractivity contribution in [2.75, 3.05) is 6.61 Å². The Balaban J connectivity index is 2.84. The van der Waals surface area contributed by atoms with Gasteiger partial charge >= 0.3 is 0 Å². The van der Waals surface area contributed by atoms with Crippen LogP contribution in [0.5, 0.6) is 0 Å². The average molecular weight is 282 g/mol. The minimum Gasteiger partial charge on any atom is -0.396 e. The fourth-order valence-electron chi connectivity index (χ4n) is 1.83. The lowest BCUT2D eigenvalue weighted by molar-refractivity contribution is 0.300. The molecule has 1 N–H and O–H groups in total. The van der Waals surface area contributed by atoms with Gasteiger partial charge in [-0.3, -0.25) is 4.79 Å². The van der Waals surface area contributed by atoms with E-state index in [1.54, 1.807) is 17.7 Å². The van der Waals surface area contributed by atoms with Crippen LogP contribution in [0.4, 0.5) is 0 Å². The summed E-state index contributed by atoms with van der Waals surface area (Å²) in [6, 6.07) is 7.37. The molecule has 2 aromatic rings. The predicted molar refractivity (Wildman–Crippen MR) is 67.7 cm³/mol. The Labute approximate surface area is 101 Å². The van der Waals surface area contributed by atoms with Gasteiger partial charge in [-0.1, -0.05) is 15.9 Å². The van der Waals surface area contributed by atoms with Crippen LogP contribution < -0.4 is 5.56 Å². The molecule has 16 heavy (non-hydrogen) atoms. The Morgan fingerprint density at radius 1 is 1.38 bits per heavy atom. The van der Waals surface area contributed by atoms with E-state index in [1.165, 1.54) is 0 Å². The molecule has 84 valence electrons. The van der Waals surface area contributed by atoms with Gasteiger partial charge in [-0.15, -0.1) is 0 Å². The third-order valence-corrected chi connectivity index (χ3v) is 3.17. The van der Waals surface area contributed by atoms with Crippen molar-refractivity contribution in [1.82, 2.24) is 4.57 Å². The van der Waals surface area contributed by atoms with Crippen molar-refractivity contribution in [2.24, 2.45) is 7.05 Å². The molecule has 1 aromatic heterocycles. The molecule has 0 aliphatic rings. The molecule has 0 aliphatic carbocycles. The SMILES string of the molecule is Cn1c(=O)cc(CCO)c2cc(Br)ccc21. The summed E-state index contributed by atoms with van der Waals surface area (Å²) in [6.07, 6.45) is 0.503. The maximum absolute atomic E-state index is 11.7. The molecule has 0 spiro atoms. The molecule has 0 aliphatic heterocycles. The van der Waals surface area contributed by atoms with Gasteiger partial charge in [0.25, 0.3) is 5.56 Å². The Kier molecular flexibility index (Phi) is 3.12. The van der Waals surface area contributed by atoms with Crippen LogP contribution in [0.2, 0.25) is 0 Å². The fourth-order valence-corrected chi connectivity index (χ4v) is 2.19. The molecule has 1 heterocycles. The number of hydrogen-bond donors (Lipinski definition) is 1. The van der Waals surface area contributed by atoms with Gasteiger partial charge in [-0.05, 0) is 30.2 Å². The van der Waals surface area contributed by atoms with E-state index in [2.05, 4.69) is 15.9 Å². The van der Waals surface area contributed by atoms with Gasteiger partial charge in [0.15, 0.2) is 0 Å². The first-order valence-corrected chi connectivity index (χ1v) is 5.82. The van der Waals surface area contributed by atoms with Gasteiger partial charge < -0.3 is 9.67 Å². The van der Waals surface area contributed by atoms with Gasteiger partial charge in [0, 0.05) is 29.6 Å². The van der Waals surface area contributed by atoms with E-state index in [4.69, 9.17) is 5.11 Å². The molecule has 0 atom stereocenters. The summed E-state index contributed by atoms with van der Waals surface area (Å²) in [5.41, 5.74) is 1.74. The summed E-state index contributed by atoms with van der Waals surface area (Å²) >= 11 is 3.41. The maximum Gasteiger partial charge on any atom is 0.251 e. The van der Waals surface area contributed by atoms with E-state index < -0.39 is 0 Å². The maximum atomic E-state index is 11.7. The summed E-state index contributed by atoms with van der Waals surface area (Å²) in [5, 5.41) is 9.99. The fraction of sp³-hybridized carbons (Fsp3) is 0.250. The van der Waals surface area contributed by atoms with Crippen LogP contribution in [0.15, 0.2) is 33.5 Å². The quantitative estimate of drug-likeness (QED) is 0.913. The smallest absolute Gasteiger partial charge is 0.251 e. The lowest BCUT2D eigenvalue weighted by Crippen LogP contribution is -2.17. The second-order valence-electron chi connectivity index (χ2n) is 3.70. The molecule has 0 unspecified atom stereocenters. The molecule has 0 saturated carbocycles. The highest BCUT2D eigenvalue weighted by atomic mass is 79.9. The third-order valence-electron chi connectivity index (χ3n) is 2.68. The molecule has 1 aromatic carbocycles. The number of aryl methyl sites for hydroxylation is 1. The van der Waals surface area contributed by atoms with Gasteiger partial charge in [0.05, 0.1) is 5.52 Å². The second kappa shape index (κ2) is 4.39. The highest BCUT2D eigenvalue weighted by Crippen LogP contribution is 2.21. The number of nitrogens with zero attached hydrogens (tertiary/aromatic N) is 1. The van der Waals surface area contributed by atoms with Crippen molar-refractivity contribution in [2.45, 2.75) is 6.42 Å².